The second-order valence-corrected chi connectivity index (χ2v) is 4.95. The minimum Gasteiger partial charge on any atom is -0.389 e. The number of likely N-dealkylation sites (N-methyl/N-ethyl adjacent to an activating group) is 1. The number of hydrogen-bond acceptors (Lipinski definition) is 3. The van der Waals surface area contributed by atoms with Gasteiger partial charge in [0.05, 0.1) is 6.61 Å². The molecule has 106 valence electrons. The minimum absolute atomic E-state index is 0.0901. The van der Waals surface area contributed by atoms with Crippen molar-refractivity contribution in [3.05, 3.63) is 35.1 Å². The van der Waals surface area contributed by atoms with Gasteiger partial charge >= 0.3 is 0 Å². The van der Waals surface area contributed by atoms with E-state index in [1.165, 1.54) is 0 Å². The molecule has 0 bridgehead atoms. The standard InChI is InChI=1S/C14H21FN2OS/c1-4-17(10(2)9-18-3)8-11-6-5-7-12(13(11)15)14(16)19/h5-7,10H,4,8-9H2,1-3H3,(H2,16,19). The summed E-state index contributed by atoms with van der Waals surface area (Å²) in [7, 11) is 1.67. The maximum Gasteiger partial charge on any atom is 0.137 e. The lowest BCUT2D eigenvalue weighted by atomic mass is 10.1. The van der Waals surface area contributed by atoms with Gasteiger partial charge in [0.2, 0.25) is 0 Å². The Balaban J connectivity index is 2.91. The Labute approximate surface area is 119 Å². The van der Waals surface area contributed by atoms with Crippen LogP contribution in [0.5, 0.6) is 0 Å². The average Bonchev–Trinajstić information content (AvgIpc) is 2.37. The summed E-state index contributed by atoms with van der Waals surface area (Å²) in [6.45, 7) is 6.05. The summed E-state index contributed by atoms with van der Waals surface area (Å²) in [5.41, 5.74) is 6.43. The molecule has 0 radical (unpaired) electrons. The number of rotatable bonds is 7. The molecule has 5 heteroatoms. The first-order valence-electron chi connectivity index (χ1n) is 6.31. The van der Waals surface area contributed by atoms with Crippen LogP contribution in [0, 0.1) is 5.82 Å². The molecule has 1 unspecified atom stereocenters. The number of thiocarbonyl (C=S) groups is 1. The monoisotopic (exact) mass is 284 g/mol. The van der Waals surface area contributed by atoms with Gasteiger partial charge in [-0.2, -0.15) is 0 Å². The molecule has 0 saturated heterocycles. The molecular formula is C14H21FN2OS. The van der Waals surface area contributed by atoms with Gasteiger partial charge < -0.3 is 10.5 Å². The van der Waals surface area contributed by atoms with Crippen LogP contribution in [-0.2, 0) is 11.3 Å². The molecule has 0 heterocycles. The zero-order chi connectivity index (χ0) is 14.4. The first kappa shape index (κ1) is 16.0. The van der Waals surface area contributed by atoms with E-state index in [4.69, 9.17) is 22.7 Å². The van der Waals surface area contributed by atoms with E-state index in [0.717, 1.165) is 6.54 Å². The van der Waals surface area contributed by atoms with Crippen LogP contribution in [0.3, 0.4) is 0 Å². The van der Waals surface area contributed by atoms with Crippen molar-refractivity contribution in [3.63, 3.8) is 0 Å². The molecule has 2 N–H and O–H groups in total. The number of hydrogen-bond donors (Lipinski definition) is 1. The first-order valence-corrected chi connectivity index (χ1v) is 6.72. The van der Waals surface area contributed by atoms with E-state index in [9.17, 15) is 4.39 Å². The highest BCUT2D eigenvalue weighted by Crippen LogP contribution is 2.16. The summed E-state index contributed by atoms with van der Waals surface area (Å²) in [6.07, 6.45) is 0. The van der Waals surface area contributed by atoms with Crippen molar-refractivity contribution >= 4 is 17.2 Å². The predicted octanol–water partition coefficient (Wildman–Crippen LogP) is 2.32. The Hall–Kier alpha value is -1.04. The third kappa shape index (κ3) is 4.23. The maximum absolute atomic E-state index is 14.2. The molecule has 19 heavy (non-hydrogen) atoms. The quantitative estimate of drug-likeness (QED) is 0.780. The Morgan fingerprint density at radius 2 is 2.21 bits per heavy atom. The zero-order valence-electron chi connectivity index (χ0n) is 11.6. The average molecular weight is 284 g/mol. The predicted molar refractivity (Wildman–Crippen MR) is 79.7 cm³/mol. The van der Waals surface area contributed by atoms with Crippen LogP contribution in [0.2, 0.25) is 0 Å². The molecule has 0 aliphatic heterocycles. The van der Waals surface area contributed by atoms with E-state index >= 15 is 0 Å². The molecule has 0 aliphatic rings. The molecule has 0 saturated carbocycles. The van der Waals surface area contributed by atoms with Crippen molar-refractivity contribution in [2.24, 2.45) is 5.73 Å². The lowest BCUT2D eigenvalue weighted by Crippen LogP contribution is -2.35. The van der Waals surface area contributed by atoms with Gasteiger partial charge in [-0.3, -0.25) is 4.90 Å². The van der Waals surface area contributed by atoms with Gasteiger partial charge in [-0.15, -0.1) is 0 Å². The van der Waals surface area contributed by atoms with Gasteiger partial charge in [0.25, 0.3) is 0 Å². The topological polar surface area (TPSA) is 38.5 Å². The molecule has 0 aromatic heterocycles. The molecular weight excluding hydrogens is 263 g/mol. The molecule has 0 fully saturated rings. The summed E-state index contributed by atoms with van der Waals surface area (Å²) < 4.78 is 19.4. The van der Waals surface area contributed by atoms with Crippen LogP contribution < -0.4 is 5.73 Å². The largest absolute Gasteiger partial charge is 0.389 e. The second kappa shape index (κ2) is 7.53. The summed E-state index contributed by atoms with van der Waals surface area (Å²) in [5.74, 6) is -0.321. The van der Waals surface area contributed by atoms with Gasteiger partial charge in [0.1, 0.15) is 10.8 Å². The highest BCUT2D eigenvalue weighted by Gasteiger charge is 2.16. The normalized spacial score (nSPS) is 12.7. The van der Waals surface area contributed by atoms with Crippen LogP contribution in [0.1, 0.15) is 25.0 Å². The molecule has 1 aromatic carbocycles. The molecule has 1 rings (SSSR count). The number of methoxy groups -OCH3 is 1. The van der Waals surface area contributed by atoms with E-state index in [0.29, 0.717) is 24.3 Å². The number of nitrogens with zero attached hydrogens (tertiary/aromatic N) is 1. The summed E-state index contributed by atoms with van der Waals surface area (Å²) in [6, 6.07) is 5.37. The Morgan fingerprint density at radius 3 is 2.74 bits per heavy atom. The van der Waals surface area contributed by atoms with Crippen LogP contribution in [-0.4, -0.2) is 36.2 Å². The molecule has 1 atom stereocenters. The third-order valence-electron chi connectivity index (χ3n) is 3.15. The highest BCUT2D eigenvalue weighted by atomic mass is 32.1. The van der Waals surface area contributed by atoms with Gasteiger partial charge in [-0.25, -0.2) is 4.39 Å². The van der Waals surface area contributed by atoms with Gasteiger partial charge in [0, 0.05) is 30.8 Å². The van der Waals surface area contributed by atoms with Crippen molar-refractivity contribution < 1.29 is 9.13 Å². The number of halogens is 1. The van der Waals surface area contributed by atoms with Crippen molar-refractivity contribution in [1.29, 1.82) is 0 Å². The molecule has 0 amide bonds. The molecule has 1 aromatic rings. The Kier molecular flexibility index (Phi) is 6.34. The van der Waals surface area contributed by atoms with Crippen LogP contribution in [0.15, 0.2) is 18.2 Å². The second-order valence-electron chi connectivity index (χ2n) is 4.51. The SMILES string of the molecule is CCN(Cc1cccc(C(N)=S)c1F)C(C)COC. The minimum atomic E-state index is -0.321. The van der Waals surface area contributed by atoms with E-state index in [-0.39, 0.29) is 16.8 Å². The van der Waals surface area contributed by atoms with Gasteiger partial charge in [-0.1, -0.05) is 31.3 Å². The Morgan fingerprint density at radius 1 is 1.53 bits per heavy atom. The highest BCUT2D eigenvalue weighted by molar-refractivity contribution is 7.80. The third-order valence-corrected chi connectivity index (χ3v) is 3.37. The first-order chi connectivity index (χ1) is 9.01. The summed E-state index contributed by atoms with van der Waals surface area (Å²) in [4.78, 5) is 2.23. The van der Waals surface area contributed by atoms with E-state index in [1.54, 1.807) is 25.3 Å². The van der Waals surface area contributed by atoms with Crippen LogP contribution >= 0.6 is 12.2 Å². The lowest BCUT2D eigenvalue weighted by molar-refractivity contribution is 0.0975. The van der Waals surface area contributed by atoms with Crippen LogP contribution in [0.4, 0.5) is 4.39 Å². The molecule has 0 spiro atoms. The fourth-order valence-electron chi connectivity index (χ4n) is 2.04. The molecule has 3 nitrogen and oxygen atoms in total. The summed E-state index contributed by atoms with van der Waals surface area (Å²) >= 11 is 4.85. The fourth-order valence-corrected chi connectivity index (χ4v) is 2.19. The fraction of sp³-hybridized carbons (Fsp3) is 0.500. The smallest absolute Gasteiger partial charge is 0.137 e. The van der Waals surface area contributed by atoms with E-state index in [1.807, 2.05) is 6.92 Å². The van der Waals surface area contributed by atoms with E-state index in [2.05, 4.69) is 11.8 Å². The van der Waals surface area contributed by atoms with Crippen molar-refractivity contribution in [1.82, 2.24) is 4.90 Å². The number of ether oxygens (including phenoxy) is 1. The molecule has 0 aliphatic carbocycles. The summed E-state index contributed by atoms with van der Waals surface area (Å²) in [5, 5.41) is 0. The number of nitrogens with two attached hydrogens (primary N) is 1. The van der Waals surface area contributed by atoms with Crippen molar-refractivity contribution in [3.8, 4) is 0 Å². The lowest BCUT2D eigenvalue weighted by Gasteiger charge is -2.27. The number of benzene rings is 1. The van der Waals surface area contributed by atoms with Gasteiger partial charge in [0.15, 0.2) is 0 Å². The Bertz CT molecular complexity index is 439. The van der Waals surface area contributed by atoms with E-state index < -0.39 is 0 Å². The van der Waals surface area contributed by atoms with Crippen molar-refractivity contribution in [2.45, 2.75) is 26.4 Å². The van der Waals surface area contributed by atoms with Crippen LogP contribution in [0.25, 0.3) is 0 Å². The van der Waals surface area contributed by atoms with Gasteiger partial charge in [-0.05, 0) is 19.5 Å². The van der Waals surface area contributed by atoms with Crippen molar-refractivity contribution in [2.75, 3.05) is 20.3 Å². The zero-order valence-corrected chi connectivity index (χ0v) is 12.5. The maximum atomic E-state index is 14.2.